The number of benzene rings is 1. The van der Waals surface area contributed by atoms with E-state index >= 15 is 0 Å². The number of nitrogens with one attached hydrogen (secondary N) is 2. The van der Waals surface area contributed by atoms with E-state index in [-0.39, 0.29) is 0 Å². The predicted molar refractivity (Wildman–Crippen MR) is 59.1 cm³/mol. The van der Waals surface area contributed by atoms with Crippen LogP contribution >= 0.6 is 0 Å². The summed E-state index contributed by atoms with van der Waals surface area (Å²) in [5.41, 5.74) is 2.22. The SMILES string of the molecule is CNCC#Cc1cccc2[nH]ccc12. The standard InChI is InChI=1S/C12H12N2/c1-13-8-3-5-10-4-2-6-12-11(10)7-9-14-12/h2,4,6-7,9,13-14H,8H2,1H3. The monoisotopic (exact) mass is 184 g/mol. The summed E-state index contributed by atoms with van der Waals surface area (Å²) in [6, 6.07) is 8.17. The van der Waals surface area contributed by atoms with Crippen molar-refractivity contribution in [1.82, 2.24) is 10.3 Å². The van der Waals surface area contributed by atoms with Gasteiger partial charge in [-0.1, -0.05) is 17.9 Å². The Kier molecular flexibility index (Phi) is 2.53. The third kappa shape index (κ3) is 1.63. The average molecular weight is 184 g/mol. The van der Waals surface area contributed by atoms with Crippen LogP contribution in [0.4, 0.5) is 0 Å². The lowest BCUT2D eigenvalue weighted by Crippen LogP contribution is -2.04. The van der Waals surface area contributed by atoms with E-state index in [0.29, 0.717) is 0 Å². The lowest BCUT2D eigenvalue weighted by atomic mass is 10.1. The first-order valence-electron chi connectivity index (χ1n) is 4.61. The summed E-state index contributed by atoms with van der Waals surface area (Å²) in [5, 5.41) is 4.19. The zero-order valence-electron chi connectivity index (χ0n) is 8.09. The van der Waals surface area contributed by atoms with Gasteiger partial charge in [0, 0.05) is 22.7 Å². The molecule has 0 radical (unpaired) electrons. The van der Waals surface area contributed by atoms with Gasteiger partial charge in [-0.3, -0.25) is 0 Å². The second-order valence-corrected chi connectivity index (χ2v) is 3.08. The number of aromatic amines is 1. The van der Waals surface area contributed by atoms with Gasteiger partial charge in [-0.15, -0.1) is 0 Å². The molecule has 2 nitrogen and oxygen atoms in total. The van der Waals surface area contributed by atoms with Gasteiger partial charge in [0.1, 0.15) is 0 Å². The number of fused-ring (bicyclic) bond motifs is 1. The van der Waals surface area contributed by atoms with E-state index < -0.39 is 0 Å². The minimum absolute atomic E-state index is 0.723. The smallest absolute Gasteiger partial charge is 0.0577 e. The second kappa shape index (κ2) is 3.99. The molecule has 0 saturated heterocycles. The van der Waals surface area contributed by atoms with Crippen molar-refractivity contribution in [3.8, 4) is 11.8 Å². The molecular weight excluding hydrogens is 172 g/mol. The first kappa shape index (κ1) is 8.86. The van der Waals surface area contributed by atoms with E-state index in [4.69, 9.17) is 0 Å². The Morgan fingerprint density at radius 3 is 3.14 bits per heavy atom. The Balaban J connectivity index is 2.43. The number of aromatic nitrogens is 1. The van der Waals surface area contributed by atoms with E-state index in [9.17, 15) is 0 Å². The first-order valence-corrected chi connectivity index (χ1v) is 4.61. The molecule has 0 aliphatic rings. The molecule has 1 heterocycles. The van der Waals surface area contributed by atoms with Crippen LogP contribution in [0.5, 0.6) is 0 Å². The van der Waals surface area contributed by atoms with Crippen LogP contribution in [0.25, 0.3) is 10.9 Å². The Morgan fingerprint density at radius 1 is 1.36 bits per heavy atom. The summed E-state index contributed by atoms with van der Waals surface area (Å²) in [5.74, 6) is 6.20. The molecule has 2 N–H and O–H groups in total. The highest BCUT2D eigenvalue weighted by Crippen LogP contribution is 2.15. The van der Waals surface area contributed by atoms with Crippen LogP contribution in [0, 0.1) is 11.8 Å². The number of H-pyrrole nitrogens is 1. The molecule has 70 valence electrons. The van der Waals surface area contributed by atoms with Gasteiger partial charge in [0.15, 0.2) is 0 Å². The third-order valence-electron chi connectivity index (χ3n) is 2.08. The molecule has 0 aliphatic heterocycles. The summed E-state index contributed by atoms with van der Waals surface area (Å²) < 4.78 is 0. The van der Waals surface area contributed by atoms with Crippen LogP contribution in [0.1, 0.15) is 5.56 Å². The first-order chi connectivity index (χ1) is 6.92. The van der Waals surface area contributed by atoms with Gasteiger partial charge in [-0.2, -0.15) is 0 Å². The van der Waals surface area contributed by atoms with E-state index in [1.54, 1.807) is 0 Å². The number of hydrogen-bond donors (Lipinski definition) is 2. The molecule has 0 spiro atoms. The fraction of sp³-hybridized carbons (Fsp3) is 0.167. The van der Waals surface area contributed by atoms with E-state index in [0.717, 1.165) is 17.6 Å². The zero-order chi connectivity index (χ0) is 9.80. The molecule has 0 amide bonds. The summed E-state index contributed by atoms with van der Waals surface area (Å²) in [4.78, 5) is 3.17. The van der Waals surface area contributed by atoms with Crippen LogP contribution in [0.15, 0.2) is 30.5 Å². The van der Waals surface area contributed by atoms with Gasteiger partial charge in [-0.25, -0.2) is 0 Å². The Hall–Kier alpha value is -1.72. The minimum Gasteiger partial charge on any atom is -0.361 e. The summed E-state index contributed by atoms with van der Waals surface area (Å²) in [6.07, 6.45) is 1.94. The van der Waals surface area contributed by atoms with Crippen molar-refractivity contribution in [2.45, 2.75) is 0 Å². The molecule has 14 heavy (non-hydrogen) atoms. The topological polar surface area (TPSA) is 27.8 Å². The maximum absolute atomic E-state index is 3.17. The van der Waals surface area contributed by atoms with Crippen molar-refractivity contribution in [3.63, 3.8) is 0 Å². The highest BCUT2D eigenvalue weighted by atomic mass is 14.8. The van der Waals surface area contributed by atoms with Gasteiger partial charge >= 0.3 is 0 Å². The largest absolute Gasteiger partial charge is 0.361 e. The van der Waals surface area contributed by atoms with Crippen molar-refractivity contribution in [2.75, 3.05) is 13.6 Å². The van der Waals surface area contributed by atoms with Gasteiger partial charge in [-0.05, 0) is 25.2 Å². The summed E-state index contributed by atoms with van der Waals surface area (Å²) in [7, 11) is 1.89. The minimum atomic E-state index is 0.723. The van der Waals surface area contributed by atoms with Gasteiger partial charge in [0.2, 0.25) is 0 Å². The van der Waals surface area contributed by atoms with E-state index in [1.165, 1.54) is 5.39 Å². The quantitative estimate of drug-likeness (QED) is 0.649. The molecule has 2 rings (SSSR count). The highest BCUT2D eigenvalue weighted by Gasteiger charge is 1.96. The van der Waals surface area contributed by atoms with Crippen LogP contribution in [0.2, 0.25) is 0 Å². The third-order valence-corrected chi connectivity index (χ3v) is 2.08. The normalized spacial score (nSPS) is 9.79. The van der Waals surface area contributed by atoms with Crippen LogP contribution in [-0.4, -0.2) is 18.6 Å². The Morgan fingerprint density at radius 2 is 2.29 bits per heavy atom. The maximum Gasteiger partial charge on any atom is 0.0577 e. The summed E-state index contributed by atoms with van der Waals surface area (Å²) in [6.45, 7) is 0.723. The molecule has 0 unspecified atom stereocenters. The molecule has 1 aromatic carbocycles. The Labute approximate surface area is 83.3 Å². The number of rotatable bonds is 1. The molecule has 0 aliphatic carbocycles. The molecule has 1 aromatic heterocycles. The van der Waals surface area contributed by atoms with Crippen LogP contribution < -0.4 is 5.32 Å². The van der Waals surface area contributed by atoms with Crippen LogP contribution in [-0.2, 0) is 0 Å². The number of hydrogen-bond acceptors (Lipinski definition) is 1. The Bertz CT molecular complexity index is 485. The van der Waals surface area contributed by atoms with Gasteiger partial charge in [0.25, 0.3) is 0 Å². The maximum atomic E-state index is 3.17. The van der Waals surface area contributed by atoms with E-state index in [1.807, 2.05) is 25.4 Å². The highest BCUT2D eigenvalue weighted by molar-refractivity contribution is 5.85. The van der Waals surface area contributed by atoms with Crippen LogP contribution in [0.3, 0.4) is 0 Å². The van der Waals surface area contributed by atoms with Crippen molar-refractivity contribution in [1.29, 1.82) is 0 Å². The van der Waals surface area contributed by atoms with Crippen molar-refractivity contribution < 1.29 is 0 Å². The van der Waals surface area contributed by atoms with Gasteiger partial charge in [0.05, 0.1) is 6.54 Å². The van der Waals surface area contributed by atoms with Gasteiger partial charge < -0.3 is 10.3 Å². The molecule has 2 aromatic rings. The van der Waals surface area contributed by atoms with Crippen molar-refractivity contribution >= 4 is 10.9 Å². The fourth-order valence-corrected chi connectivity index (χ4v) is 1.42. The summed E-state index contributed by atoms with van der Waals surface area (Å²) >= 11 is 0. The molecule has 0 fully saturated rings. The van der Waals surface area contributed by atoms with Crippen molar-refractivity contribution in [3.05, 3.63) is 36.0 Å². The average Bonchev–Trinajstić information content (AvgIpc) is 2.67. The zero-order valence-corrected chi connectivity index (χ0v) is 8.09. The lowest BCUT2D eigenvalue weighted by molar-refractivity contribution is 0.938. The van der Waals surface area contributed by atoms with E-state index in [2.05, 4.69) is 34.3 Å². The molecule has 0 atom stereocenters. The lowest BCUT2D eigenvalue weighted by Gasteiger charge is -1.93. The molecule has 2 heteroatoms. The molecular formula is C12H12N2. The molecule has 0 saturated carbocycles. The second-order valence-electron chi connectivity index (χ2n) is 3.08. The van der Waals surface area contributed by atoms with Crippen molar-refractivity contribution in [2.24, 2.45) is 0 Å². The predicted octanol–water partition coefficient (Wildman–Crippen LogP) is 1.74. The molecule has 0 bridgehead atoms. The fourth-order valence-electron chi connectivity index (χ4n) is 1.42.